The molecule has 2 N–H and O–H groups in total. The highest BCUT2D eigenvalue weighted by Gasteiger charge is 2.25. The molecule has 1 amide bonds. The van der Waals surface area contributed by atoms with Crippen molar-refractivity contribution in [3.05, 3.63) is 124 Å². The minimum Gasteiger partial charge on any atom is -0.369 e. The first-order valence-electron chi connectivity index (χ1n) is 13.3. The average molecular weight is 562 g/mol. The maximum absolute atomic E-state index is 13.3. The van der Waals surface area contributed by atoms with Crippen LogP contribution < -0.4 is 10.6 Å². The Kier molecular flexibility index (Phi) is 8.42. The maximum Gasteiger partial charge on any atom is 0.224 e. The molecule has 0 saturated heterocycles. The minimum absolute atomic E-state index is 0.0600. The summed E-state index contributed by atoms with van der Waals surface area (Å²) in [7, 11) is 0. The molecule has 0 radical (unpaired) electrons. The predicted molar refractivity (Wildman–Crippen MR) is 162 cm³/mol. The van der Waals surface area contributed by atoms with Crippen LogP contribution in [0.15, 0.2) is 91.0 Å². The van der Waals surface area contributed by atoms with E-state index in [0.29, 0.717) is 48.0 Å². The third-order valence-corrected chi connectivity index (χ3v) is 7.00. The molecule has 0 fully saturated rings. The fourth-order valence-corrected chi connectivity index (χ4v) is 4.70. The summed E-state index contributed by atoms with van der Waals surface area (Å²) in [5.41, 5.74) is 3.31. The van der Waals surface area contributed by atoms with Crippen LogP contribution >= 0.6 is 11.6 Å². The zero-order chi connectivity index (χ0) is 28.8. The molecule has 41 heavy (non-hydrogen) atoms. The normalized spacial score (nSPS) is 10.8. The average Bonchev–Trinajstić information content (AvgIpc) is 3.35. The minimum atomic E-state index is -0.335. The summed E-state index contributed by atoms with van der Waals surface area (Å²) in [6.45, 7) is 2.84. The van der Waals surface area contributed by atoms with Crippen molar-refractivity contribution in [2.75, 3.05) is 18.4 Å². The number of anilines is 1. The Morgan fingerprint density at radius 2 is 1.66 bits per heavy atom. The van der Waals surface area contributed by atoms with Crippen LogP contribution in [0.2, 0.25) is 5.02 Å². The molecular formula is C33H28ClN5O2. The summed E-state index contributed by atoms with van der Waals surface area (Å²) in [5, 5.41) is 23.6. The molecule has 5 aromatic rings. The summed E-state index contributed by atoms with van der Waals surface area (Å²) < 4.78 is 1.55. The van der Waals surface area contributed by atoms with Gasteiger partial charge in [-0.1, -0.05) is 83.9 Å². The number of aromatic nitrogens is 2. The molecule has 0 unspecified atom stereocenters. The Balaban J connectivity index is 1.27. The molecule has 204 valence electrons. The summed E-state index contributed by atoms with van der Waals surface area (Å²) >= 11 is 6.08. The molecule has 0 aliphatic rings. The van der Waals surface area contributed by atoms with E-state index >= 15 is 0 Å². The zero-order valence-corrected chi connectivity index (χ0v) is 23.3. The lowest BCUT2D eigenvalue weighted by Crippen LogP contribution is -2.27. The molecule has 0 bridgehead atoms. The first kappa shape index (κ1) is 27.6. The number of halogens is 1. The number of hydrogen-bond acceptors (Lipinski definition) is 5. The van der Waals surface area contributed by atoms with Crippen LogP contribution in [0.5, 0.6) is 0 Å². The van der Waals surface area contributed by atoms with Gasteiger partial charge in [-0.2, -0.15) is 10.4 Å². The van der Waals surface area contributed by atoms with Crippen LogP contribution in [0.4, 0.5) is 5.82 Å². The van der Waals surface area contributed by atoms with Gasteiger partial charge in [-0.15, -0.1) is 0 Å². The van der Waals surface area contributed by atoms with E-state index in [4.69, 9.17) is 11.6 Å². The molecule has 0 saturated carbocycles. The van der Waals surface area contributed by atoms with Gasteiger partial charge in [0.25, 0.3) is 0 Å². The van der Waals surface area contributed by atoms with Crippen molar-refractivity contribution in [2.45, 2.75) is 19.8 Å². The summed E-state index contributed by atoms with van der Waals surface area (Å²) in [5.74, 6) is 0.0150. The van der Waals surface area contributed by atoms with Crippen LogP contribution in [-0.2, 0) is 11.2 Å². The van der Waals surface area contributed by atoms with E-state index in [1.807, 2.05) is 61.5 Å². The molecule has 0 spiro atoms. The van der Waals surface area contributed by atoms with E-state index in [1.165, 1.54) is 0 Å². The quantitative estimate of drug-likeness (QED) is 0.155. The third kappa shape index (κ3) is 6.46. The molecule has 1 heterocycles. The van der Waals surface area contributed by atoms with Crippen molar-refractivity contribution in [1.82, 2.24) is 15.1 Å². The van der Waals surface area contributed by atoms with Gasteiger partial charge in [0.05, 0.1) is 12.1 Å². The molecule has 0 aliphatic heterocycles. The van der Waals surface area contributed by atoms with Crippen molar-refractivity contribution < 1.29 is 9.59 Å². The number of carbonyl (C=O) groups is 2. The van der Waals surface area contributed by atoms with Gasteiger partial charge in [-0.05, 0) is 53.9 Å². The Labute approximate surface area is 243 Å². The van der Waals surface area contributed by atoms with Crippen LogP contribution in [0.1, 0.15) is 39.2 Å². The lowest BCUT2D eigenvalue weighted by atomic mass is 10.0. The first-order chi connectivity index (χ1) is 19.9. The lowest BCUT2D eigenvalue weighted by Gasteiger charge is -2.11. The van der Waals surface area contributed by atoms with E-state index in [9.17, 15) is 14.9 Å². The number of nitrogens with one attached hydrogen (secondary N) is 2. The molecule has 8 heteroatoms. The van der Waals surface area contributed by atoms with Crippen LogP contribution in [0.3, 0.4) is 0 Å². The van der Waals surface area contributed by atoms with E-state index in [-0.39, 0.29) is 22.9 Å². The van der Waals surface area contributed by atoms with E-state index in [0.717, 1.165) is 21.9 Å². The van der Waals surface area contributed by atoms with Gasteiger partial charge < -0.3 is 10.6 Å². The predicted octanol–water partition coefficient (Wildman–Crippen LogP) is 6.25. The van der Waals surface area contributed by atoms with Crippen molar-refractivity contribution >= 4 is 39.9 Å². The van der Waals surface area contributed by atoms with Crippen molar-refractivity contribution in [3.63, 3.8) is 0 Å². The molecule has 0 aliphatic carbocycles. The third-order valence-electron chi connectivity index (χ3n) is 6.74. The second-order valence-electron chi connectivity index (χ2n) is 9.76. The Morgan fingerprint density at radius 3 is 2.39 bits per heavy atom. The second-order valence-corrected chi connectivity index (χ2v) is 10.2. The molecule has 0 atom stereocenters. The fourth-order valence-electron chi connectivity index (χ4n) is 4.58. The van der Waals surface area contributed by atoms with Crippen molar-refractivity contribution in [2.24, 2.45) is 0 Å². The highest BCUT2D eigenvalue weighted by atomic mass is 35.5. The number of carbonyl (C=O) groups excluding carboxylic acids is 2. The number of amides is 1. The highest BCUT2D eigenvalue weighted by molar-refractivity contribution is 6.30. The Morgan fingerprint density at radius 1 is 0.927 bits per heavy atom. The van der Waals surface area contributed by atoms with Crippen molar-refractivity contribution in [3.8, 4) is 11.8 Å². The van der Waals surface area contributed by atoms with Crippen LogP contribution in [0.25, 0.3) is 16.5 Å². The number of benzene rings is 4. The van der Waals surface area contributed by atoms with Gasteiger partial charge in [0.2, 0.25) is 11.7 Å². The number of nitriles is 1. The van der Waals surface area contributed by atoms with Gasteiger partial charge >= 0.3 is 0 Å². The fraction of sp³-hybridized carbons (Fsp3) is 0.152. The summed E-state index contributed by atoms with van der Waals surface area (Å²) in [6, 6.07) is 30.4. The highest BCUT2D eigenvalue weighted by Crippen LogP contribution is 2.26. The smallest absolute Gasteiger partial charge is 0.224 e. The number of hydrogen-bond donors (Lipinski definition) is 2. The number of nitrogens with zero attached hydrogens (tertiary/aromatic N) is 3. The van der Waals surface area contributed by atoms with E-state index in [1.54, 1.807) is 41.1 Å². The molecule has 7 nitrogen and oxygen atoms in total. The molecule has 1 aromatic heterocycles. The van der Waals surface area contributed by atoms with E-state index < -0.39 is 0 Å². The number of rotatable bonds is 10. The Bertz CT molecular complexity index is 1750. The van der Waals surface area contributed by atoms with Crippen LogP contribution in [0, 0.1) is 18.3 Å². The van der Waals surface area contributed by atoms with Gasteiger partial charge in [-0.25, -0.2) is 4.68 Å². The standard InChI is InChI=1S/C33H28ClN5O2/c1-22-7-10-25(11-8-22)32(41)31-29(21-35)33(39(38-31)28-15-13-27(34)14-16-28)37-18-4-17-36-30(40)20-23-9-12-24-5-2-3-6-26(24)19-23/h2-3,5-16,19,37H,4,17-18,20H2,1H3,(H,36,40). The first-order valence-corrected chi connectivity index (χ1v) is 13.7. The second kappa shape index (κ2) is 12.5. The van der Waals surface area contributed by atoms with Gasteiger partial charge in [0.1, 0.15) is 17.5 Å². The largest absolute Gasteiger partial charge is 0.369 e. The van der Waals surface area contributed by atoms with Gasteiger partial charge in [-0.3, -0.25) is 9.59 Å². The number of ketones is 1. The number of fused-ring (bicyclic) bond motifs is 1. The summed E-state index contributed by atoms with van der Waals surface area (Å²) in [4.78, 5) is 25.9. The van der Waals surface area contributed by atoms with Crippen LogP contribution in [-0.4, -0.2) is 34.6 Å². The zero-order valence-electron chi connectivity index (χ0n) is 22.5. The van der Waals surface area contributed by atoms with Gasteiger partial charge in [0.15, 0.2) is 5.69 Å². The molecule has 4 aromatic carbocycles. The van der Waals surface area contributed by atoms with Gasteiger partial charge in [0, 0.05) is 23.7 Å². The SMILES string of the molecule is Cc1ccc(C(=O)c2nn(-c3ccc(Cl)cc3)c(NCCCNC(=O)Cc3ccc4ccccc4c3)c2C#N)cc1. The monoisotopic (exact) mass is 561 g/mol. The topological polar surface area (TPSA) is 99.8 Å². The Hall–Kier alpha value is -4.93. The number of aryl methyl sites for hydroxylation is 1. The molecule has 5 rings (SSSR count). The van der Waals surface area contributed by atoms with Crippen molar-refractivity contribution in [1.29, 1.82) is 5.26 Å². The maximum atomic E-state index is 13.3. The summed E-state index contributed by atoms with van der Waals surface area (Å²) in [6.07, 6.45) is 0.895. The van der Waals surface area contributed by atoms with E-state index in [2.05, 4.69) is 21.8 Å². The lowest BCUT2D eigenvalue weighted by molar-refractivity contribution is -0.120. The molecular weight excluding hydrogens is 534 g/mol.